The number of anilines is 1. The maximum absolute atomic E-state index is 13.0. The van der Waals surface area contributed by atoms with E-state index >= 15 is 0 Å². The van der Waals surface area contributed by atoms with Gasteiger partial charge >= 0.3 is 0 Å². The predicted molar refractivity (Wildman–Crippen MR) is 105 cm³/mol. The van der Waals surface area contributed by atoms with Crippen LogP contribution in [0.1, 0.15) is 22.5 Å². The molecule has 136 valence electrons. The second-order valence-electron chi connectivity index (χ2n) is 6.50. The summed E-state index contributed by atoms with van der Waals surface area (Å²) in [6.07, 6.45) is 7.88. The van der Waals surface area contributed by atoms with Crippen molar-refractivity contribution in [3.8, 4) is 11.1 Å². The van der Waals surface area contributed by atoms with Crippen LogP contribution in [0.4, 0.5) is 5.82 Å². The molecule has 0 atom stereocenters. The molecule has 4 rings (SSSR count). The first-order valence-corrected chi connectivity index (χ1v) is 9.14. The third-order valence-electron chi connectivity index (χ3n) is 4.63. The van der Waals surface area contributed by atoms with E-state index in [1.807, 2.05) is 30.3 Å². The summed E-state index contributed by atoms with van der Waals surface area (Å²) >= 11 is 0. The maximum atomic E-state index is 13.0. The van der Waals surface area contributed by atoms with Gasteiger partial charge in [0, 0.05) is 61.1 Å². The fraction of sp³-hybridized carbons (Fsp3) is 0.238. The molecule has 0 saturated carbocycles. The Bertz CT molecular complexity index is 921. The lowest BCUT2D eigenvalue weighted by atomic mass is 10.0. The van der Waals surface area contributed by atoms with Crippen molar-refractivity contribution in [2.75, 3.05) is 31.1 Å². The van der Waals surface area contributed by atoms with Gasteiger partial charge in [0.2, 0.25) is 5.78 Å². The molecule has 0 unspecified atom stereocenters. The predicted octanol–water partition coefficient (Wildman–Crippen LogP) is 2.57. The SMILES string of the molecule is O=C(c1cncc(-c2cccnc2)c1)c1cccc(N2CCCNCC2)n1. The van der Waals surface area contributed by atoms with Crippen molar-refractivity contribution in [1.82, 2.24) is 20.3 Å². The quantitative estimate of drug-likeness (QED) is 0.722. The fourth-order valence-electron chi connectivity index (χ4n) is 3.20. The molecule has 27 heavy (non-hydrogen) atoms. The van der Waals surface area contributed by atoms with E-state index in [4.69, 9.17) is 0 Å². The molecule has 0 spiro atoms. The van der Waals surface area contributed by atoms with Gasteiger partial charge in [0.05, 0.1) is 0 Å². The first-order chi connectivity index (χ1) is 13.3. The van der Waals surface area contributed by atoms with Gasteiger partial charge in [-0.05, 0) is 37.2 Å². The summed E-state index contributed by atoms with van der Waals surface area (Å²) in [7, 11) is 0. The van der Waals surface area contributed by atoms with Crippen LogP contribution in [0, 0.1) is 0 Å². The number of hydrogen-bond acceptors (Lipinski definition) is 6. The van der Waals surface area contributed by atoms with Gasteiger partial charge < -0.3 is 10.2 Å². The van der Waals surface area contributed by atoms with Crippen molar-refractivity contribution in [3.63, 3.8) is 0 Å². The molecule has 4 heterocycles. The molecule has 6 heteroatoms. The lowest BCUT2D eigenvalue weighted by molar-refractivity contribution is 0.103. The van der Waals surface area contributed by atoms with Crippen molar-refractivity contribution in [2.24, 2.45) is 0 Å². The topological polar surface area (TPSA) is 71.0 Å². The number of aromatic nitrogens is 3. The first-order valence-electron chi connectivity index (χ1n) is 9.14. The van der Waals surface area contributed by atoms with Crippen LogP contribution < -0.4 is 10.2 Å². The summed E-state index contributed by atoms with van der Waals surface area (Å²) in [6, 6.07) is 11.3. The number of pyridine rings is 3. The molecule has 1 N–H and O–H groups in total. The number of nitrogens with zero attached hydrogens (tertiary/aromatic N) is 4. The van der Waals surface area contributed by atoms with Crippen molar-refractivity contribution < 1.29 is 4.79 Å². The molecule has 3 aromatic heterocycles. The Morgan fingerprint density at radius 1 is 0.963 bits per heavy atom. The lowest BCUT2D eigenvalue weighted by Gasteiger charge is -2.21. The minimum Gasteiger partial charge on any atom is -0.355 e. The van der Waals surface area contributed by atoms with E-state index in [0.717, 1.165) is 49.5 Å². The standard InChI is InChI=1S/C21H21N5O/c27-21(18-12-17(14-24-15-18)16-4-2-7-23-13-16)19-5-1-6-20(25-19)26-10-3-8-22-9-11-26/h1-2,4-7,12-15,22H,3,8-11H2. The summed E-state index contributed by atoms with van der Waals surface area (Å²) in [6.45, 7) is 3.78. The van der Waals surface area contributed by atoms with Crippen LogP contribution in [0.2, 0.25) is 0 Å². The van der Waals surface area contributed by atoms with Crippen molar-refractivity contribution in [3.05, 3.63) is 72.4 Å². The Kier molecular flexibility index (Phi) is 5.16. The summed E-state index contributed by atoms with van der Waals surface area (Å²) in [4.78, 5) is 28.2. The molecule has 1 aliphatic heterocycles. The van der Waals surface area contributed by atoms with Crippen LogP contribution in [0.25, 0.3) is 11.1 Å². The van der Waals surface area contributed by atoms with Gasteiger partial charge in [-0.3, -0.25) is 14.8 Å². The van der Waals surface area contributed by atoms with E-state index in [2.05, 4.69) is 25.2 Å². The normalized spacial score (nSPS) is 14.6. The number of nitrogens with one attached hydrogen (secondary N) is 1. The van der Waals surface area contributed by atoms with Crippen LogP contribution in [-0.2, 0) is 0 Å². The van der Waals surface area contributed by atoms with E-state index in [-0.39, 0.29) is 5.78 Å². The average molecular weight is 359 g/mol. The Balaban J connectivity index is 1.60. The van der Waals surface area contributed by atoms with Gasteiger partial charge in [-0.25, -0.2) is 4.98 Å². The fourth-order valence-corrected chi connectivity index (χ4v) is 3.20. The van der Waals surface area contributed by atoms with Crippen LogP contribution >= 0.6 is 0 Å². The largest absolute Gasteiger partial charge is 0.355 e. The van der Waals surface area contributed by atoms with Gasteiger partial charge in [-0.1, -0.05) is 12.1 Å². The third kappa shape index (κ3) is 4.01. The van der Waals surface area contributed by atoms with Crippen molar-refractivity contribution in [1.29, 1.82) is 0 Å². The smallest absolute Gasteiger partial charge is 0.212 e. The van der Waals surface area contributed by atoms with Crippen LogP contribution in [0.5, 0.6) is 0 Å². The first kappa shape index (κ1) is 17.3. The summed E-state index contributed by atoms with van der Waals surface area (Å²) < 4.78 is 0. The molecule has 6 nitrogen and oxygen atoms in total. The van der Waals surface area contributed by atoms with Crippen molar-refractivity contribution >= 4 is 11.6 Å². The summed E-state index contributed by atoms with van der Waals surface area (Å²) in [5.74, 6) is 0.726. The van der Waals surface area contributed by atoms with E-state index < -0.39 is 0 Å². The van der Waals surface area contributed by atoms with E-state index in [9.17, 15) is 4.79 Å². The molecule has 0 aliphatic carbocycles. The van der Waals surface area contributed by atoms with E-state index in [0.29, 0.717) is 11.3 Å². The van der Waals surface area contributed by atoms with E-state index in [1.54, 1.807) is 30.9 Å². The number of rotatable bonds is 4. The van der Waals surface area contributed by atoms with Gasteiger partial charge in [-0.15, -0.1) is 0 Å². The molecule has 1 saturated heterocycles. The van der Waals surface area contributed by atoms with Crippen LogP contribution in [0.15, 0.2) is 61.2 Å². The molecule has 1 aliphatic rings. The molecular weight excluding hydrogens is 338 g/mol. The lowest BCUT2D eigenvalue weighted by Crippen LogP contribution is -2.28. The molecule has 0 aromatic carbocycles. The second-order valence-corrected chi connectivity index (χ2v) is 6.50. The Labute approximate surface area is 158 Å². The molecular formula is C21H21N5O. The monoisotopic (exact) mass is 359 g/mol. The number of hydrogen-bond donors (Lipinski definition) is 1. The van der Waals surface area contributed by atoms with Crippen LogP contribution in [-0.4, -0.2) is 46.9 Å². The molecule has 3 aromatic rings. The number of carbonyl (C=O) groups excluding carboxylic acids is 1. The average Bonchev–Trinajstić information content (AvgIpc) is 3.04. The Hall–Kier alpha value is -3.12. The Morgan fingerprint density at radius 2 is 1.89 bits per heavy atom. The highest BCUT2D eigenvalue weighted by Gasteiger charge is 2.16. The number of ketones is 1. The maximum Gasteiger partial charge on any atom is 0.212 e. The molecule has 0 radical (unpaired) electrons. The highest BCUT2D eigenvalue weighted by Crippen LogP contribution is 2.20. The minimum atomic E-state index is -0.122. The zero-order valence-electron chi connectivity index (χ0n) is 15.0. The van der Waals surface area contributed by atoms with Gasteiger partial charge in [-0.2, -0.15) is 0 Å². The van der Waals surface area contributed by atoms with E-state index in [1.165, 1.54) is 0 Å². The van der Waals surface area contributed by atoms with Gasteiger partial charge in [0.1, 0.15) is 11.5 Å². The molecule has 1 fully saturated rings. The Morgan fingerprint density at radius 3 is 2.78 bits per heavy atom. The molecule has 0 amide bonds. The van der Waals surface area contributed by atoms with Gasteiger partial charge in [0.15, 0.2) is 0 Å². The second kappa shape index (κ2) is 8.05. The highest BCUT2D eigenvalue weighted by molar-refractivity contribution is 6.08. The summed E-state index contributed by atoms with van der Waals surface area (Å²) in [5.41, 5.74) is 2.76. The summed E-state index contributed by atoms with van der Waals surface area (Å²) in [5, 5.41) is 3.38. The molecule has 0 bridgehead atoms. The zero-order valence-corrected chi connectivity index (χ0v) is 15.0. The minimum absolute atomic E-state index is 0.122. The highest BCUT2D eigenvalue weighted by atomic mass is 16.1. The van der Waals surface area contributed by atoms with Crippen molar-refractivity contribution in [2.45, 2.75) is 6.42 Å². The van der Waals surface area contributed by atoms with Gasteiger partial charge in [0.25, 0.3) is 0 Å². The third-order valence-corrected chi connectivity index (χ3v) is 4.63. The number of carbonyl (C=O) groups is 1. The van der Waals surface area contributed by atoms with Crippen LogP contribution in [0.3, 0.4) is 0 Å². The zero-order chi connectivity index (χ0) is 18.5.